The van der Waals surface area contributed by atoms with Crippen LogP contribution in [-0.2, 0) is 20.0 Å². The van der Waals surface area contributed by atoms with Gasteiger partial charge < -0.3 is 5.73 Å². The van der Waals surface area contributed by atoms with E-state index in [1.807, 2.05) is 0 Å². The molecule has 0 saturated carbocycles. The second kappa shape index (κ2) is 5.91. The molecule has 0 aliphatic heterocycles. The summed E-state index contributed by atoms with van der Waals surface area (Å²) in [5.74, 6) is 0. The summed E-state index contributed by atoms with van der Waals surface area (Å²) in [6, 6.07) is 4.43. The Bertz CT molecular complexity index is 725. The lowest BCUT2D eigenvalue weighted by Crippen LogP contribution is -2.50. The average Bonchev–Trinajstić information content (AvgIpc) is 2.27. The van der Waals surface area contributed by atoms with Gasteiger partial charge in [-0.3, -0.25) is 0 Å². The quantitative estimate of drug-likeness (QED) is 0.641. The fourth-order valence-electron chi connectivity index (χ4n) is 1.68. The average molecular weight is 335 g/mol. The summed E-state index contributed by atoms with van der Waals surface area (Å²) in [5, 5.41) is 0. The molecule has 0 heterocycles. The summed E-state index contributed by atoms with van der Waals surface area (Å²) in [5.41, 5.74) is 5.92. The Morgan fingerprint density at radius 1 is 1.19 bits per heavy atom. The number of nitrogen functional groups attached to an aromatic ring is 1. The van der Waals surface area contributed by atoms with Gasteiger partial charge in [0.15, 0.2) is 0 Å². The summed E-state index contributed by atoms with van der Waals surface area (Å²) in [6.45, 7) is 4.86. The Kier molecular flexibility index (Phi) is 5.04. The maximum atomic E-state index is 12.2. The molecule has 0 amide bonds. The molecule has 0 aliphatic rings. The van der Waals surface area contributed by atoms with Crippen molar-refractivity contribution in [2.75, 3.05) is 18.5 Å². The van der Waals surface area contributed by atoms with Crippen LogP contribution < -0.4 is 15.2 Å². The molecule has 0 saturated heterocycles. The zero-order valence-corrected chi connectivity index (χ0v) is 14.1. The van der Waals surface area contributed by atoms with E-state index in [1.54, 1.807) is 26.8 Å². The first-order chi connectivity index (χ1) is 9.32. The minimum absolute atomic E-state index is 0.0424. The minimum atomic E-state index is -3.75. The van der Waals surface area contributed by atoms with Gasteiger partial charge in [-0.1, -0.05) is 6.07 Å². The number of anilines is 1. The molecule has 7 nitrogen and oxygen atoms in total. The van der Waals surface area contributed by atoms with E-state index in [-0.39, 0.29) is 11.4 Å². The van der Waals surface area contributed by atoms with Crippen molar-refractivity contribution in [3.05, 3.63) is 23.8 Å². The zero-order chi connectivity index (χ0) is 16.5. The van der Waals surface area contributed by atoms with Crippen LogP contribution in [-0.4, -0.2) is 35.2 Å². The van der Waals surface area contributed by atoms with E-state index in [0.717, 1.165) is 11.8 Å². The first kappa shape index (κ1) is 17.9. The van der Waals surface area contributed by atoms with Crippen molar-refractivity contribution in [1.82, 2.24) is 9.44 Å². The van der Waals surface area contributed by atoms with Crippen molar-refractivity contribution in [2.45, 2.75) is 31.2 Å². The Labute approximate surface area is 126 Å². The smallest absolute Gasteiger partial charge is 0.240 e. The molecule has 120 valence electrons. The summed E-state index contributed by atoms with van der Waals surface area (Å²) < 4.78 is 51.5. The number of sulfonamides is 2. The predicted octanol–water partition coefficient (Wildman–Crippen LogP) is 0.183. The van der Waals surface area contributed by atoms with E-state index in [4.69, 9.17) is 5.73 Å². The lowest BCUT2D eigenvalue weighted by atomic mass is 10.1. The van der Waals surface area contributed by atoms with Crippen LogP contribution in [0.15, 0.2) is 23.1 Å². The lowest BCUT2D eigenvalue weighted by molar-refractivity contribution is 0.446. The molecule has 0 bridgehead atoms. The summed E-state index contributed by atoms with van der Waals surface area (Å²) in [6.07, 6.45) is 1.02. The van der Waals surface area contributed by atoms with Crippen molar-refractivity contribution >= 4 is 25.7 Å². The van der Waals surface area contributed by atoms with Gasteiger partial charge >= 0.3 is 0 Å². The molecular weight excluding hydrogens is 314 g/mol. The number of hydrogen-bond acceptors (Lipinski definition) is 5. The molecule has 0 aromatic heterocycles. The van der Waals surface area contributed by atoms with Crippen molar-refractivity contribution in [3.63, 3.8) is 0 Å². The molecular formula is C12H21N3O4S2. The third kappa shape index (κ3) is 5.62. The number of hydrogen-bond donors (Lipinski definition) is 3. The highest BCUT2D eigenvalue weighted by atomic mass is 32.2. The van der Waals surface area contributed by atoms with Crippen LogP contribution in [0, 0.1) is 6.92 Å². The number of nitrogens with two attached hydrogens (primary N) is 1. The second-order valence-electron chi connectivity index (χ2n) is 5.60. The first-order valence-corrected chi connectivity index (χ1v) is 9.55. The van der Waals surface area contributed by atoms with Crippen molar-refractivity contribution in [1.29, 1.82) is 0 Å². The van der Waals surface area contributed by atoms with Crippen LogP contribution in [0.2, 0.25) is 0 Å². The maximum Gasteiger partial charge on any atom is 0.240 e. The second-order valence-corrected chi connectivity index (χ2v) is 9.12. The number of rotatable bonds is 6. The summed E-state index contributed by atoms with van der Waals surface area (Å²) in [7, 11) is -7.18. The van der Waals surface area contributed by atoms with Crippen LogP contribution in [0.1, 0.15) is 19.4 Å². The van der Waals surface area contributed by atoms with Crippen LogP contribution in [0.4, 0.5) is 5.69 Å². The molecule has 4 N–H and O–H groups in total. The molecule has 0 aliphatic carbocycles. The van der Waals surface area contributed by atoms with Gasteiger partial charge in [0, 0.05) is 17.8 Å². The molecule has 1 rings (SSSR count). The number of aryl methyl sites for hydroxylation is 1. The molecule has 0 radical (unpaired) electrons. The molecule has 1 aromatic rings. The Hall–Kier alpha value is -1.16. The van der Waals surface area contributed by atoms with Crippen molar-refractivity contribution in [3.8, 4) is 0 Å². The third-order valence-corrected chi connectivity index (χ3v) is 5.05. The van der Waals surface area contributed by atoms with Crippen LogP contribution in [0.5, 0.6) is 0 Å². The number of nitrogens with one attached hydrogen (secondary N) is 2. The Balaban J connectivity index is 2.89. The predicted molar refractivity (Wildman–Crippen MR) is 82.8 cm³/mol. The largest absolute Gasteiger partial charge is 0.398 e. The van der Waals surface area contributed by atoms with Crippen LogP contribution in [0.25, 0.3) is 0 Å². The molecule has 0 fully saturated rings. The van der Waals surface area contributed by atoms with E-state index in [1.165, 1.54) is 12.1 Å². The van der Waals surface area contributed by atoms with Crippen LogP contribution >= 0.6 is 0 Å². The van der Waals surface area contributed by atoms with E-state index in [0.29, 0.717) is 5.69 Å². The third-order valence-electron chi connectivity index (χ3n) is 2.73. The molecule has 0 unspecified atom stereocenters. The van der Waals surface area contributed by atoms with E-state index >= 15 is 0 Å². The molecule has 21 heavy (non-hydrogen) atoms. The lowest BCUT2D eigenvalue weighted by Gasteiger charge is -2.25. The molecule has 1 aromatic carbocycles. The zero-order valence-electron chi connectivity index (χ0n) is 12.5. The van der Waals surface area contributed by atoms with Gasteiger partial charge in [0.1, 0.15) is 0 Å². The highest BCUT2D eigenvalue weighted by molar-refractivity contribution is 7.89. The fraction of sp³-hybridized carbons (Fsp3) is 0.500. The SMILES string of the molecule is Cc1ccc(S(=O)(=O)NCC(C)(C)NS(C)(=O)=O)cc1N. The van der Waals surface area contributed by atoms with Crippen molar-refractivity contribution in [2.24, 2.45) is 0 Å². The van der Waals surface area contributed by atoms with Crippen molar-refractivity contribution < 1.29 is 16.8 Å². The Morgan fingerprint density at radius 2 is 1.76 bits per heavy atom. The fourth-order valence-corrected chi connectivity index (χ4v) is 4.01. The minimum Gasteiger partial charge on any atom is -0.398 e. The van der Waals surface area contributed by atoms with Gasteiger partial charge in [-0.15, -0.1) is 0 Å². The standard InChI is InChI=1S/C12H21N3O4S2/c1-9-5-6-10(7-11(9)13)21(18,19)14-8-12(2,3)15-20(4,16)17/h5-7,14-15H,8,13H2,1-4H3. The summed E-state index contributed by atoms with van der Waals surface area (Å²) in [4.78, 5) is 0.0424. The molecule has 0 spiro atoms. The normalized spacial score (nSPS) is 13.3. The van der Waals surface area contributed by atoms with Gasteiger partial charge in [-0.2, -0.15) is 0 Å². The summed E-state index contributed by atoms with van der Waals surface area (Å²) >= 11 is 0. The van der Waals surface area contributed by atoms with Gasteiger partial charge in [-0.05, 0) is 38.5 Å². The maximum absolute atomic E-state index is 12.2. The van der Waals surface area contributed by atoms with Gasteiger partial charge in [-0.25, -0.2) is 26.3 Å². The molecule has 0 atom stereocenters. The van der Waals surface area contributed by atoms with Gasteiger partial charge in [0.2, 0.25) is 20.0 Å². The molecule has 9 heteroatoms. The van der Waals surface area contributed by atoms with E-state index in [2.05, 4.69) is 9.44 Å². The number of benzene rings is 1. The van der Waals surface area contributed by atoms with Gasteiger partial charge in [0.05, 0.1) is 11.2 Å². The van der Waals surface area contributed by atoms with Crippen LogP contribution in [0.3, 0.4) is 0 Å². The van der Waals surface area contributed by atoms with E-state index in [9.17, 15) is 16.8 Å². The first-order valence-electron chi connectivity index (χ1n) is 6.17. The highest BCUT2D eigenvalue weighted by Crippen LogP contribution is 2.17. The van der Waals surface area contributed by atoms with E-state index < -0.39 is 25.6 Å². The topological polar surface area (TPSA) is 118 Å². The Morgan fingerprint density at radius 3 is 2.24 bits per heavy atom. The monoisotopic (exact) mass is 335 g/mol. The van der Waals surface area contributed by atoms with Gasteiger partial charge in [0.25, 0.3) is 0 Å². The highest BCUT2D eigenvalue weighted by Gasteiger charge is 2.25.